The van der Waals surface area contributed by atoms with Crippen LogP contribution in [-0.4, -0.2) is 56.7 Å². The first-order valence-electron chi connectivity index (χ1n) is 13.0. The number of imidazole rings is 1. The van der Waals surface area contributed by atoms with Crippen molar-refractivity contribution in [2.75, 3.05) is 13.2 Å². The van der Waals surface area contributed by atoms with Gasteiger partial charge in [-0.05, 0) is 64.3 Å². The van der Waals surface area contributed by atoms with E-state index in [1.165, 1.54) is 0 Å². The number of aromatic nitrogens is 3. The maximum absolute atomic E-state index is 12.4. The number of nitrogens with zero attached hydrogens (tertiary/aromatic N) is 3. The SMILES string of the molecule is Cc1cc(-c2nc3ccc(CN[C@H](C(=O)OC(C)C)[C@@H](C)O)cc3n2C[C@H]2CCCOC2)cn(C)c1=O. The van der Waals surface area contributed by atoms with Gasteiger partial charge in [0, 0.05) is 50.0 Å². The number of pyridine rings is 1. The molecule has 200 valence electrons. The van der Waals surface area contributed by atoms with E-state index in [-0.39, 0.29) is 11.7 Å². The zero-order valence-electron chi connectivity index (χ0n) is 22.4. The van der Waals surface area contributed by atoms with Crippen LogP contribution in [0.1, 0.15) is 44.7 Å². The standard InChI is InChI=1S/C28H38N4O5/c1-17(2)37-28(35)25(19(4)33)29-13-20-8-9-23-24(12-20)32(14-21-7-6-10-36-16-21)26(30-23)22-11-18(3)27(34)31(5)15-22/h8-9,11-12,15,17,19,21,25,29,33H,6-7,10,13-14,16H2,1-5H3/t19-,21-,25+/m1/s1. The van der Waals surface area contributed by atoms with Crippen molar-refractivity contribution in [3.63, 3.8) is 0 Å². The first-order chi connectivity index (χ1) is 17.6. The molecule has 0 aliphatic carbocycles. The van der Waals surface area contributed by atoms with Crippen LogP contribution >= 0.6 is 0 Å². The zero-order chi connectivity index (χ0) is 26.7. The number of rotatable bonds is 9. The van der Waals surface area contributed by atoms with Crippen LogP contribution in [0.3, 0.4) is 0 Å². The molecule has 2 N–H and O–H groups in total. The van der Waals surface area contributed by atoms with Crippen LogP contribution in [0.5, 0.6) is 0 Å². The highest BCUT2D eigenvalue weighted by molar-refractivity contribution is 5.81. The molecule has 0 spiro atoms. The quantitative estimate of drug-likeness (QED) is 0.426. The molecule has 4 rings (SSSR count). The normalized spacial score (nSPS) is 17.8. The number of aliphatic hydroxyl groups is 1. The van der Waals surface area contributed by atoms with Crippen molar-refractivity contribution in [2.24, 2.45) is 13.0 Å². The zero-order valence-corrected chi connectivity index (χ0v) is 22.4. The molecule has 1 aliphatic heterocycles. The largest absolute Gasteiger partial charge is 0.462 e. The summed E-state index contributed by atoms with van der Waals surface area (Å²) in [5.41, 5.74) is 4.32. The summed E-state index contributed by atoms with van der Waals surface area (Å²) >= 11 is 0. The molecule has 3 heterocycles. The Balaban J connectivity index is 1.69. The second-order valence-corrected chi connectivity index (χ2v) is 10.4. The molecular formula is C28H38N4O5. The van der Waals surface area contributed by atoms with Crippen LogP contribution in [-0.2, 0) is 34.4 Å². The van der Waals surface area contributed by atoms with E-state index >= 15 is 0 Å². The number of aryl methyl sites for hydroxylation is 2. The molecule has 3 atom stereocenters. The summed E-state index contributed by atoms with van der Waals surface area (Å²) in [6.45, 7) is 9.60. The first-order valence-corrected chi connectivity index (χ1v) is 13.0. The van der Waals surface area contributed by atoms with Crippen LogP contribution in [0.15, 0.2) is 35.3 Å². The fraction of sp³-hybridized carbons (Fsp3) is 0.536. The number of fused-ring (bicyclic) bond motifs is 1. The Morgan fingerprint density at radius 2 is 2.08 bits per heavy atom. The van der Waals surface area contributed by atoms with Gasteiger partial charge in [-0.2, -0.15) is 0 Å². The molecule has 0 bridgehead atoms. The first kappa shape index (κ1) is 27.0. The topological polar surface area (TPSA) is 108 Å². The Morgan fingerprint density at radius 1 is 1.30 bits per heavy atom. The Morgan fingerprint density at radius 3 is 2.73 bits per heavy atom. The number of nitrogens with one attached hydrogen (secondary N) is 1. The number of ether oxygens (including phenoxy) is 2. The predicted molar refractivity (Wildman–Crippen MR) is 142 cm³/mol. The third kappa shape index (κ3) is 6.29. The Labute approximate surface area is 217 Å². The van der Waals surface area contributed by atoms with Gasteiger partial charge in [0.25, 0.3) is 5.56 Å². The number of hydrogen-bond acceptors (Lipinski definition) is 7. The molecule has 0 unspecified atom stereocenters. The van der Waals surface area contributed by atoms with Gasteiger partial charge in [0.05, 0.1) is 29.8 Å². The molecule has 37 heavy (non-hydrogen) atoms. The monoisotopic (exact) mass is 510 g/mol. The van der Waals surface area contributed by atoms with Crippen molar-refractivity contribution in [2.45, 2.75) is 71.9 Å². The van der Waals surface area contributed by atoms with Crippen LogP contribution in [0.25, 0.3) is 22.4 Å². The summed E-state index contributed by atoms with van der Waals surface area (Å²) in [5.74, 6) is 0.707. The maximum Gasteiger partial charge on any atom is 0.326 e. The van der Waals surface area contributed by atoms with E-state index in [9.17, 15) is 14.7 Å². The van der Waals surface area contributed by atoms with Crippen molar-refractivity contribution in [1.82, 2.24) is 19.4 Å². The van der Waals surface area contributed by atoms with Gasteiger partial charge < -0.3 is 23.7 Å². The number of hydrogen-bond donors (Lipinski definition) is 2. The van der Waals surface area contributed by atoms with E-state index in [1.807, 2.05) is 31.3 Å². The minimum atomic E-state index is -0.897. The molecule has 1 saturated heterocycles. The van der Waals surface area contributed by atoms with E-state index in [0.29, 0.717) is 24.6 Å². The van der Waals surface area contributed by atoms with E-state index in [2.05, 4.69) is 16.0 Å². The summed E-state index contributed by atoms with van der Waals surface area (Å²) in [7, 11) is 1.76. The molecule has 1 aromatic carbocycles. The maximum atomic E-state index is 12.4. The minimum Gasteiger partial charge on any atom is -0.462 e. The van der Waals surface area contributed by atoms with E-state index in [0.717, 1.165) is 54.0 Å². The number of carbonyl (C=O) groups excluding carboxylic acids is 1. The summed E-state index contributed by atoms with van der Waals surface area (Å²) in [5, 5.41) is 13.3. The van der Waals surface area contributed by atoms with E-state index in [4.69, 9.17) is 14.5 Å². The molecule has 9 nitrogen and oxygen atoms in total. The Hall–Kier alpha value is -3.01. The van der Waals surface area contributed by atoms with Crippen molar-refractivity contribution in [3.05, 3.63) is 51.9 Å². The smallest absolute Gasteiger partial charge is 0.326 e. The fourth-order valence-electron chi connectivity index (χ4n) is 4.88. The Bertz CT molecular complexity index is 1280. The average Bonchev–Trinajstić information content (AvgIpc) is 3.20. The third-order valence-electron chi connectivity index (χ3n) is 6.74. The van der Waals surface area contributed by atoms with Crippen molar-refractivity contribution < 1.29 is 19.4 Å². The fourth-order valence-corrected chi connectivity index (χ4v) is 4.88. The highest BCUT2D eigenvalue weighted by Crippen LogP contribution is 2.28. The van der Waals surface area contributed by atoms with Crippen molar-refractivity contribution >= 4 is 17.0 Å². The predicted octanol–water partition coefficient (Wildman–Crippen LogP) is 2.93. The summed E-state index contributed by atoms with van der Waals surface area (Å²) in [4.78, 5) is 29.7. The minimum absolute atomic E-state index is 0.0240. The molecule has 1 aliphatic rings. The van der Waals surface area contributed by atoms with Gasteiger partial charge in [-0.3, -0.25) is 14.9 Å². The van der Waals surface area contributed by atoms with Gasteiger partial charge >= 0.3 is 5.97 Å². The van der Waals surface area contributed by atoms with Crippen LogP contribution in [0, 0.1) is 12.8 Å². The molecule has 2 aromatic heterocycles. The summed E-state index contributed by atoms with van der Waals surface area (Å²) in [6, 6.07) is 7.09. The number of aliphatic hydroxyl groups excluding tert-OH is 1. The van der Waals surface area contributed by atoms with Gasteiger partial charge in [0.2, 0.25) is 0 Å². The number of carbonyl (C=O) groups is 1. The van der Waals surface area contributed by atoms with E-state index < -0.39 is 18.1 Å². The van der Waals surface area contributed by atoms with Gasteiger partial charge in [-0.25, -0.2) is 4.98 Å². The van der Waals surface area contributed by atoms with Crippen LogP contribution in [0.4, 0.5) is 0 Å². The molecule has 9 heteroatoms. The average molecular weight is 511 g/mol. The van der Waals surface area contributed by atoms with Gasteiger partial charge in [-0.15, -0.1) is 0 Å². The lowest BCUT2D eigenvalue weighted by Gasteiger charge is -2.24. The highest BCUT2D eigenvalue weighted by atomic mass is 16.5. The molecular weight excluding hydrogens is 472 g/mol. The lowest BCUT2D eigenvalue weighted by atomic mass is 10.0. The van der Waals surface area contributed by atoms with Crippen LogP contribution in [0.2, 0.25) is 0 Å². The summed E-state index contributed by atoms with van der Waals surface area (Å²) in [6.07, 6.45) is 2.80. The summed E-state index contributed by atoms with van der Waals surface area (Å²) < 4.78 is 14.9. The van der Waals surface area contributed by atoms with Gasteiger partial charge in [-0.1, -0.05) is 6.07 Å². The third-order valence-corrected chi connectivity index (χ3v) is 6.74. The Kier molecular flexibility index (Phi) is 8.46. The van der Waals surface area contributed by atoms with Crippen molar-refractivity contribution in [3.8, 4) is 11.4 Å². The lowest BCUT2D eigenvalue weighted by Crippen LogP contribution is -2.46. The van der Waals surface area contributed by atoms with Gasteiger partial charge in [0.1, 0.15) is 11.9 Å². The molecule has 0 saturated carbocycles. The molecule has 0 amide bonds. The number of benzene rings is 1. The molecule has 3 aromatic rings. The highest BCUT2D eigenvalue weighted by Gasteiger charge is 2.26. The number of esters is 1. The van der Waals surface area contributed by atoms with Gasteiger partial charge in [0.15, 0.2) is 0 Å². The second-order valence-electron chi connectivity index (χ2n) is 10.4. The van der Waals surface area contributed by atoms with E-state index in [1.54, 1.807) is 32.4 Å². The van der Waals surface area contributed by atoms with Crippen molar-refractivity contribution in [1.29, 1.82) is 0 Å². The molecule has 1 fully saturated rings. The van der Waals surface area contributed by atoms with Crippen LogP contribution < -0.4 is 10.9 Å². The second kappa shape index (κ2) is 11.6. The lowest BCUT2D eigenvalue weighted by molar-refractivity contribution is -0.152. The molecule has 0 radical (unpaired) electrons.